The first-order valence-electron chi connectivity index (χ1n) is 7.71. The van der Waals surface area contributed by atoms with Gasteiger partial charge in [-0.05, 0) is 47.0 Å². The van der Waals surface area contributed by atoms with Crippen molar-refractivity contribution in [3.05, 3.63) is 78.0 Å². The molecule has 1 N–H and O–H groups in total. The minimum Gasteiger partial charge on any atom is -0.489 e. The molecule has 0 amide bonds. The number of rotatable bonds is 6. The fourth-order valence-electron chi connectivity index (χ4n) is 2.50. The number of ether oxygens (including phenoxy) is 2. The molecular formula is C20H19NO3. The van der Waals surface area contributed by atoms with Crippen molar-refractivity contribution in [2.45, 2.75) is 13.2 Å². The first-order valence-corrected chi connectivity index (χ1v) is 7.71. The van der Waals surface area contributed by atoms with Crippen molar-refractivity contribution < 1.29 is 14.6 Å². The number of aliphatic hydroxyl groups is 1. The zero-order valence-electron chi connectivity index (χ0n) is 13.5. The molecule has 0 aliphatic rings. The Hall–Kier alpha value is -2.85. The van der Waals surface area contributed by atoms with E-state index in [1.165, 1.54) is 0 Å². The van der Waals surface area contributed by atoms with Gasteiger partial charge in [0.1, 0.15) is 12.4 Å². The molecule has 0 saturated carbocycles. The number of benzene rings is 2. The second-order valence-electron chi connectivity index (χ2n) is 5.36. The van der Waals surface area contributed by atoms with Gasteiger partial charge in [0, 0.05) is 11.8 Å². The molecule has 0 aliphatic heterocycles. The van der Waals surface area contributed by atoms with Crippen molar-refractivity contribution in [2.24, 2.45) is 0 Å². The van der Waals surface area contributed by atoms with Crippen LogP contribution in [0.15, 0.2) is 66.9 Å². The van der Waals surface area contributed by atoms with Crippen LogP contribution in [0.25, 0.3) is 11.1 Å². The Morgan fingerprint density at radius 1 is 0.958 bits per heavy atom. The van der Waals surface area contributed by atoms with Crippen molar-refractivity contribution in [1.29, 1.82) is 0 Å². The third-order valence-electron chi connectivity index (χ3n) is 3.67. The minimum atomic E-state index is -0.0574. The first-order chi connectivity index (χ1) is 11.8. The normalized spacial score (nSPS) is 10.4. The maximum absolute atomic E-state index is 9.54. The van der Waals surface area contributed by atoms with Gasteiger partial charge in [-0.25, -0.2) is 4.98 Å². The molecule has 0 aliphatic carbocycles. The van der Waals surface area contributed by atoms with Crippen LogP contribution in [0.5, 0.6) is 11.6 Å². The fraction of sp³-hybridized carbons (Fsp3) is 0.150. The summed E-state index contributed by atoms with van der Waals surface area (Å²) in [4.78, 5) is 4.23. The van der Waals surface area contributed by atoms with E-state index in [0.717, 1.165) is 22.3 Å². The Balaban J connectivity index is 1.90. The summed E-state index contributed by atoms with van der Waals surface area (Å²) in [6.07, 6.45) is 1.69. The second kappa shape index (κ2) is 7.62. The van der Waals surface area contributed by atoms with Gasteiger partial charge in [0.25, 0.3) is 0 Å². The topological polar surface area (TPSA) is 51.6 Å². The molecule has 122 valence electrons. The first kappa shape index (κ1) is 16.0. The summed E-state index contributed by atoms with van der Waals surface area (Å²) in [5, 5.41) is 9.54. The molecule has 0 unspecified atom stereocenters. The average Bonchev–Trinajstić information content (AvgIpc) is 2.66. The van der Waals surface area contributed by atoms with Crippen LogP contribution in [0, 0.1) is 0 Å². The summed E-state index contributed by atoms with van der Waals surface area (Å²) < 4.78 is 11.2. The molecule has 0 bridgehead atoms. The quantitative estimate of drug-likeness (QED) is 0.750. The largest absolute Gasteiger partial charge is 0.489 e. The van der Waals surface area contributed by atoms with E-state index in [-0.39, 0.29) is 6.61 Å². The van der Waals surface area contributed by atoms with Crippen molar-refractivity contribution in [3.8, 4) is 22.8 Å². The molecule has 24 heavy (non-hydrogen) atoms. The smallest absolute Gasteiger partial charge is 0.221 e. The lowest BCUT2D eigenvalue weighted by molar-refractivity contribution is 0.278. The zero-order valence-corrected chi connectivity index (χ0v) is 13.5. The maximum Gasteiger partial charge on any atom is 0.221 e. The predicted octanol–water partition coefficient (Wildman–Crippen LogP) is 3.83. The number of aromatic nitrogens is 1. The zero-order chi connectivity index (χ0) is 16.8. The van der Waals surface area contributed by atoms with Gasteiger partial charge in [0.2, 0.25) is 5.88 Å². The molecule has 3 rings (SSSR count). The lowest BCUT2D eigenvalue weighted by Gasteiger charge is -2.12. The van der Waals surface area contributed by atoms with Gasteiger partial charge in [-0.3, -0.25) is 0 Å². The van der Waals surface area contributed by atoms with Gasteiger partial charge in [0.15, 0.2) is 0 Å². The third kappa shape index (κ3) is 3.73. The van der Waals surface area contributed by atoms with E-state index < -0.39 is 0 Å². The molecule has 0 fully saturated rings. The lowest BCUT2D eigenvalue weighted by atomic mass is 10.0. The van der Waals surface area contributed by atoms with Gasteiger partial charge in [-0.2, -0.15) is 0 Å². The van der Waals surface area contributed by atoms with Crippen molar-refractivity contribution in [2.75, 3.05) is 7.11 Å². The van der Waals surface area contributed by atoms with Crippen LogP contribution in [-0.4, -0.2) is 17.2 Å². The van der Waals surface area contributed by atoms with Crippen LogP contribution >= 0.6 is 0 Å². The highest BCUT2D eigenvalue weighted by Crippen LogP contribution is 2.31. The monoisotopic (exact) mass is 321 g/mol. The number of hydrogen-bond donors (Lipinski definition) is 1. The number of nitrogens with zero attached hydrogens (tertiary/aromatic N) is 1. The number of aliphatic hydroxyl groups excluding tert-OH is 1. The highest BCUT2D eigenvalue weighted by atomic mass is 16.5. The molecule has 1 aromatic heterocycles. The molecule has 0 radical (unpaired) electrons. The molecule has 0 saturated heterocycles. The Morgan fingerprint density at radius 2 is 1.79 bits per heavy atom. The van der Waals surface area contributed by atoms with Gasteiger partial charge in [-0.15, -0.1) is 0 Å². The summed E-state index contributed by atoms with van der Waals surface area (Å²) in [5.74, 6) is 1.24. The maximum atomic E-state index is 9.54. The van der Waals surface area contributed by atoms with E-state index in [0.29, 0.717) is 18.2 Å². The summed E-state index contributed by atoms with van der Waals surface area (Å²) in [7, 11) is 1.59. The van der Waals surface area contributed by atoms with Crippen LogP contribution in [0.1, 0.15) is 11.1 Å². The SMILES string of the molecule is COc1ncccc1-c1cc(CO)cc(OCc2ccccc2)c1. The molecular weight excluding hydrogens is 302 g/mol. The molecule has 1 heterocycles. The second-order valence-corrected chi connectivity index (χ2v) is 5.36. The molecule has 3 aromatic rings. The van der Waals surface area contributed by atoms with E-state index in [1.807, 2.05) is 60.7 Å². The van der Waals surface area contributed by atoms with E-state index in [4.69, 9.17) is 9.47 Å². The molecule has 4 nitrogen and oxygen atoms in total. The third-order valence-corrected chi connectivity index (χ3v) is 3.67. The summed E-state index contributed by atoms with van der Waals surface area (Å²) in [6, 6.07) is 19.4. The van der Waals surface area contributed by atoms with Gasteiger partial charge < -0.3 is 14.6 Å². The summed E-state index contributed by atoms with van der Waals surface area (Å²) >= 11 is 0. The van der Waals surface area contributed by atoms with Crippen LogP contribution in [0.3, 0.4) is 0 Å². The number of hydrogen-bond acceptors (Lipinski definition) is 4. The van der Waals surface area contributed by atoms with Crippen molar-refractivity contribution in [3.63, 3.8) is 0 Å². The van der Waals surface area contributed by atoms with E-state index in [9.17, 15) is 5.11 Å². The van der Waals surface area contributed by atoms with Crippen LogP contribution in [0.4, 0.5) is 0 Å². The molecule has 4 heteroatoms. The van der Waals surface area contributed by atoms with Gasteiger partial charge in [0.05, 0.1) is 13.7 Å². The van der Waals surface area contributed by atoms with Crippen LogP contribution < -0.4 is 9.47 Å². The number of methoxy groups -OCH3 is 1. The Bertz CT molecular complexity index is 803. The Morgan fingerprint density at radius 3 is 2.54 bits per heavy atom. The Kier molecular flexibility index (Phi) is 5.08. The average molecular weight is 321 g/mol. The van der Waals surface area contributed by atoms with Gasteiger partial charge in [-0.1, -0.05) is 30.3 Å². The van der Waals surface area contributed by atoms with Crippen molar-refractivity contribution >= 4 is 0 Å². The molecule has 0 atom stereocenters. The molecule has 0 spiro atoms. The summed E-state index contributed by atoms with van der Waals surface area (Å²) in [6.45, 7) is 0.414. The molecule has 2 aromatic carbocycles. The van der Waals surface area contributed by atoms with Crippen molar-refractivity contribution in [1.82, 2.24) is 4.98 Å². The van der Waals surface area contributed by atoms with E-state index in [2.05, 4.69) is 4.98 Å². The lowest BCUT2D eigenvalue weighted by Crippen LogP contribution is -1.97. The highest BCUT2D eigenvalue weighted by Gasteiger charge is 2.10. The van der Waals surface area contributed by atoms with Crippen LogP contribution in [-0.2, 0) is 13.2 Å². The van der Waals surface area contributed by atoms with E-state index >= 15 is 0 Å². The fourth-order valence-corrected chi connectivity index (χ4v) is 2.50. The summed E-state index contributed by atoms with van der Waals surface area (Å²) in [5.41, 5.74) is 3.63. The van der Waals surface area contributed by atoms with Crippen LogP contribution in [0.2, 0.25) is 0 Å². The minimum absolute atomic E-state index is 0.0574. The van der Waals surface area contributed by atoms with Gasteiger partial charge >= 0.3 is 0 Å². The number of pyridine rings is 1. The Labute approximate surface area is 141 Å². The standard InChI is InChI=1S/C20H19NO3/c1-23-20-19(8-5-9-21-20)17-10-16(13-22)11-18(12-17)24-14-15-6-3-2-4-7-15/h2-12,22H,13-14H2,1H3. The highest BCUT2D eigenvalue weighted by molar-refractivity contribution is 5.70. The predicted molar refractivity (Wildman–Crippen MR) is 92.9 cm³/mol. The van der Waals surface area contributed by atoms with E-state index in [1.54, 1.807) is 13.3 Å².